The van der Waals surface area contributed by atoms with Crippen LogP contribution in [0.25, 0.3) is 0 Å². The van der Waals surface area contributed by atoms with Crippen molar-refractivity contribution >= 4 is 24.3 Å². The molecule has 0 bridgehead atoms. The van der Waals surface area contributed by atoms with Crippen LogP contribution in [0.1, 0.15) is 5.56 Å². The maximum atomic E-state index is 11.9. The molecule has 2 rings (SSSR count). The fourth-order valence-electron chi connectivity index (χ4n) is 1.85. The summed E-state index contributed by atoms with van der Waals surface area (Å²) in [6.45, 7) is 0. The number of nitrogens with zero attached hydrogens (tertiary/aromatic N) is 1. The molecule has 0 spiro atoms. The van der Waals surface area contributed by atoms with E-state index in [-0.39, 0.29) is 12.1 Å². The first-order valence-electron chi connectivity index (χ1n) is 6.40. The summed E-state index contributed by atoms with van der Waals surface area (Å²) < 4.78 is 0. The molecule has 0 saturated carbocycles. The molecular weight excluding hydrogens is 270 g/mol. The average molecular weight is 287 g/mol. The Bertz CT molecular complexity index is 533. The summed E-state index contributed by atoms with van der Waals surface area (Å²) in [5.74, 6) is 0.579. The van der Waals surface area contributed by atoms with Gasteiger partial charge in [0, 0.05) is 18.0 Å². The zero-order valence-corrected chi connectivity index (χ0v) is 11.9. The Kier molecular flexibility index (Phi) is 5.43. The van der Waals surface area contributed by atoms with Crippen molar-refractivity contribution in [3.8, 4) is 0 Å². The van der Waals surface area contributed by atoms with E-state index in [1.807, 2.05) is 30.3 Å². The summed E-state index contributed by atoms with van der Waals surface area (Å²) >= 11 is 4.29. The first kappa shape index (κ1) is 14.4. The molecule has 1 unspecified atom stereocenters. The smallest absolute Gasteiger partial charge is 0.319 e. The molecule has 0 saturated heterocycles. The molecule has 0 aliphatic heterocycles. The van der Waals surface area contributed by atoms with Crippen LogP contribution in [-0.2, 0) is 6.42 Å². The summed E-state index contributed by atoms with van der Waals surface area (Å²) in [5, 5.41) is 5.66. The van der Waals surface area contributed by atoms with E-state index in [9.17, 15) is 4.79 Å². The molecule has 1 atom stereocenters. The molecule has 1 aromatic heterocycles. The summed E-state index contributed by atoms with van der Waals surface area (Å²) in [7, 11) is 0. The highest BCUT2D eigenvalue weighted by atomic mass is 32.1. The van der Waals surface area contributed by atoms with E-state index < -0.39 is 0 Å². The number of pyridine rings is 1. The van der Waals surface area contributed by atoms with E-state index in [1.54, 1.807) is 24.5 Å². The van der Waals surface area contributed by atoms with E-state index in [2.05, 4.69) is 28.2 Å². The first-order chi connectivity index (χ1) is 9.78. The summed E-state index contributed by atoms with van der Waals surface area (Å²) in [6.07, 6.45) is 4.02. The van der Waals surface area contributed by atoms with Crippen molar-refractivity contribution in [1.82, 2.24) is 10.3 Å². The highest BCUT2D eigenvalue weighted by Crippen LogP contribution is 2.06. The molecule has 2 amide bonds. The van der Waals surface area contributed by atoms with Crippen LogP contribution in [0.15, 0.2) is 54.9 Å². The molecule has 5 heteroatoms. The van der Waals surface area contributed by atoms with Gasteiger partial charge in [0.05, 0.1) is 11.9 Å². The predicted octanol–water partition coefficient (Wildman–Crippen LogP) is 2.74. The van der Waals surface area contributed by atoms with Gasteiger partial charge in [0.25, 0.3) is 0 Å². The van der Waals surface area contributed by atoms with Crippen molar-refractivity contribution in [3.63, 3.8) is 0 Å². The molecule has 4 nitrogen and oxygen atoms in total. The van der Waals surface area contributed by atoms with E-state index in [1.165, 1.54) is 5.56 Å². The van der Waals surface area contributed by atoms with Crippen molar-refractivity contribution < 1.29 is 4.79 Å². The fourth-order valence-corrected chi connectivity index (χ4v) is 2.07. The van der Waals surface area contributed by atoms with Crippen LogP contribution in [0.4, 0.5) is 10.5 Å². The maximum Gasteiger partial charge on any atom is 0.319 e. The molecule has 20 heavy (non-hydrogen) atoms. The second-order valence-corrected chi connectivity index (χ2v) is 4.77. The maximum absolute atomic E-state index is 11.9. The van der Waals surface area contributed by atoms with Gasteiger partial charge >= 0.3 is 6.03 Å². The lowest BCUT2D eigenvalue weighted by Gasteiger charge is -2.17. The van der Waals surface area contributed by atoms with Gasteiger partial charge in [-0.25, -0.2) is 4.79 Å². The highest BCUT2D eigenvalue weighted by Gasteiger charge is 2.11. The lowest BCUT2D eigenvalue weighted by molar-refractivity contribution is 0.249. The van der Waals surface area contributed by atoms with Gasteiger partial charge in [-0.05, 0) is 24.1 Å². The quantitative estimate of drug-likeness (QED) is 0.741. The summed E-state index contributed by atoms with van der Waals surface area (Å²) in [6, 6.07) is 13.3. The number of nitrogens with one attached hydrogen (secondary N) is 2. The minimum atomic E-state index is -0.243. The molecule has 0 fully saturated rings. The monoisotopic (exact) mass is 287 g/mol. The number of amides is 2. The van der Waals surface area contributed by atoms with E-state index in [4.69, 9.17) is 0 Å². The molecule has 1 aromatic carbocycles. The van der Waals surface area contributed by atoms with E-state index >= 15 is 0 Å². The molecule has 2 N–H and O–H groups in total. The van der Waals surface area contributed by atoms with Crippen LogP contribution in [-0.4, -0.2) is 22.8 Å². The Labute approximate surface area is 124 Å². The zero-order valence-electron chi connectivity index (χ0n) is 11.0. The molecule has 1 heterocycles. The number of rotatable bonds is 5. The number of anilines is 1. The molecule has 2 aromatic rings. The third kappa shape index (κ3) is 4.59. The lowest BCUT2D eigenvalue weighted by atomic mass is 10.1. The van der Waals surface area contributed by atoms with E-state index in [0.717, 1.165) is 6.42 Å². The van der Waals surface area contributed by atoms with Gasteiger partial charge in [0.15, 0.2) is 0 Å². The van der Waals surface area contributed by atoms with Gasteiger partial charge in [0.1, 0.15) is 0 Å². The Morgan fingerprint density at radius 1 is 1.20 bits per heavy atom. The highest BCUT2D eigenvalue weighted by molar-refractivity contribution is 7.80. The predicted molar refractivity (Wildman–Crippen MR) is 84.2 cm³/mol. The second kappa shape index (κ2) is 7.55. The topological polar surface area (TPSA) is 54.0 Å². The zero-order chi connectivity index (χ0) is 14.2. The van der Waals surface area contributed by atoms with Crippen molar-refractivity contribution in [2.24, 2.45) is 0 Å². The number of carbonyl (C=O) groups excluding carboxylic acids is 1. The van der Waals surface area contributed by atoms with Gasteiger partial charge in [-0.3, -0.25) is 4.98 Å². The molecule has 0 aliphatic rings. The number of urea groups is 1. The minimum absolute atomic E-state index is 0.0163. The number of hydrogen-bond acceptors (Lipinski definition) is 3. The number of hydrogen-bond donors (Lipinski definition) is 3. The van der Waals surface area contributed by atoms with Crippen LogP contribution in [0.5, 0.6) is 0 Å². The SMILES string of the molecule is O=C(Nc1cccnc1)NC(CS)Cc1ccccc1. The third-order valence-electron chi connectivity index (χ3n) is 2.80. The van der Waals surface area contributed by atoms with Crippen molar-refractivity contribution in [2.45, 2.75) is 12.5 Å². The Balaban J connectivity index is 1.88. The third-order valence-corrected chi connectivity index (χ3v) is 3.24. The van der Waals surface area contributed by atoms with E-state index in [0.29, 0.717) is 11.4 Å². The standard InChI is InChI=1S/C15H17N3OS/c19-15(17-13-7-4-8-16-10-13)18-14(11-20)9-12-5-2-1-3-6-12/h1-8,10,14,20H,9,11H2,(H2,17,18,19). The van der Waals surface area contributed by atoms with Crippen molar-refractivity contribution in [2.75, 3.05) is 11.1 Å². The van der Waals surface area contributed by atoms with Crippen LogP contribution in [0.2, 0.25) is 0 Å². The van der Waals surface area contributed by atoms with Gasteiger partial charge < -0.3 is 10.6 Å². The number of thiol groups is 1. The van der Waals surface area contributed by atoms with Gasteiger partial charge in [0.2, 0.25) is 0 Å². The normalized spacial score (nSPS) is 11.7. The number of benzene rings is 1. The fraction of sp³-hybridized carbons (Fsp3) is 0.200. The van der Waals surface area contributed by atoms with Crippen LogP contribution in [0.3, 0.4) is 0 Å². The Hall–Kier alpha value is -2.01. The Morgan fingerprint density at radius 3 is 2.65 bits per heavy atom. The van der Waals surface area contributed by atoms with Gasteiger partial charge in [-0.2, -0.15) is 12.6 Å². The molecule has 0 radical (unpaired) electrons. The van der Waals surface area contributed by atoms with Crippen LogP contribution < -0.4 is 10.6 Å². The summed E-state index contributed by atoms with van der Waals surface area (Å²) in [4.78, 5) is 15.8. The van der Waals surface area contributed by atoms with Crippen molar-refractivity contribution in [3.05, 3.63) is 60.4 Å². The van der Waals surface area contributed by atoms with Crippen LogP contribution in [0, 0.1) is 0 Å². The molecular formula is C15H17N3OS. The largest absolute Gasteiger partial charge is 0.334 e. The molecule has 104 valence electrons. The van der Waals surface area contributed by atoms with Gasteiger partial charge in [-0.1, -0.05) is 30.3 Å². The average Bonchev–Trinajstić information content (AvgIpc) is 2.48. The Morgan fingerprint density at radius 2 is 2.00 bits per heavy atom. The van der Waals surface area contributed by atoms with Crippen LogP contribution >= 0.6 is 12.6 Å². The second-order valence-electron chi connectivity index (χ2n) is 4.41. The molecule has 0 aliphatic carbocycles. The van der Waals surface area contributed by atoms with Crippen molar-refractivity contribution in [1.29, 1.82) is 0 Å². The van der Waals surface area contributed by atoms with Gasteiger partial charge in [-0.15, -0.1) is 0 Å². The lowest BCUT2D eigenvalue weighted by Crippen LogP contribution is -2.40. The number of carbonyl (C=O) groups is 1. The number of aromatic nitrogens is 1. The minimum Gasteiger partial charge on any atom is -0.334 e. The summed E-state index contributed by atoms with van der Waals surface area (Å²) in [5.41, 5.74) is 1.84. The first-order valence-corrected chi connectivity index (χ1v) is 7.03.